The first-order valence-corrected chi connectivity index (χ1v) is 17.5. The highest BCUT2D eigenvalue weighted by Crippen LogP contribution is 2.10. The molecule has 1 unspecified atom stereocenters. The van der Waals surface area contributed by atoms with Gasteiger partial charge in [0, 0.05) is 13.0 Å². The van der Waals surface area contributed by atoms with Crippen LogP contribution in [0.25, 0.3) is 0 Å². The molecule has 0 aliphatic carbocycles. The van der Waals surface area contributed by atoms with E-state index in [2.05, 4.69) is 86.8 Å². The molecule has 43 heavy (non-hydrogen) atoms. The Kier molecular flexibility index (Phi) is 34.2. The van der Waals surface area contributed by atoms with Crippen molar-refractivity contribution in [2.75, 3.05) is 19.8 Å². The van der Waals surface area contributed by atoms with Crippen LogP contribution < -0.4 is 0 Å². The zero-order valence-electron chi connectivity index (χ0n) is 27.9. The van der Waals surface area contributed by atoms with Gasteiger partial charge in [0.05, 0.1) is 13.2 Å². The van der Waals surface area contributed by atoms with Gasteiger partial charge in [-0.05, 0) is 83.5 Å². The molecular formula is C39H66O4. The summed E-state index contributed by atoms with van der Waals surface area (Å²) >= 11 is 0. The Balaban J connectivity index is 3.60. The monoisotopic (exact) mass is 598 g/mol. The minimum atomic E-state index is -0.563. The number of carbonyl (C=O) groups excluding carboxylic acids is 1. The van der Waals surface area contributed by atoms with Gasteiger partial charge in [-0.3, -0.25) is 4.79 Å². The molecule has 246 valence electrons. The molecule has 0 aliphatic heterocycles. The number of aliphatic hydroxyl groups excluding tert-OH is 1. The summed E-state index contributed by atoms with van der Waals surface area (Å²) in [6.45, 7) is 5.09. The largest absolute Gasteiger partial charge is 0.457 e. The predicted octanol–water partition coefficient (Wildman–Crippen LogP) is 11.1. The molecule has 1 atom stereocenters. The predicted molar refractivity (Wildman–Crippen MR) is 186 cm³/mol. The fourth-order valence-corrected chi connectivity index (χ4v) is 4.41. The quantitative estimate of drug-likeness (QED) is 0.0490. The van der Waals surface area contributed by atoms with Crippen LogP contribution in [0.2, 0.25) is 0 Å². The van der Waals surface area contributed by atoms with Crippen LogP contribution in [0.1, 0.15) is 142 Å². The molecule has 0 aliphatic rings. The number of rotatable bonds is 31. The highest BCUT2D eigenvalue weighted by atomic mass is 16.6. The van der Waals surface area contributed by atoms with E-state index in [0.717, 1.165) is 77.0 Å². The fraction of sp³-hybridized carbons (Fsp3) is 0.667. The number of unbranched alkanes of at least 4 members (excludes halogenated alkanes) is 11. The van der Waals surface area contributed by atoms with Crippen LogP contribution >= 0.6 is 0 Å². The first-order chi connectivity index (χ1) is 21.2. The van der Waals surface area contributed by atoms with Crippen molar-refractivity contribution in [2.24, 2.45) is 0 Å². The average Bonchev–Trinajstić information content (AvgIpc) is 3.01. The van der Waals surface area contributed by atoms with Gasteiger partial charge in [0.1, 0.15) is 6.10 Å². The van der Waals surface area contributed by atoms with Crippen LogP contribution in [0.4, 0.5) is 0 Å². The smallest absolute Gasteiger partial charge is 0.306 e. The third-order valence-corrected chi connectivity index (χ3v) is 7.02. The Hall–Kier alpha value is -2.17. The van der Waals surface area contributed by atoms with Gasteiger partial charge in [0.25, 0.3) is 0 Å². The van der Waals surface area contributed by atoms with Gasteiger partial charge in [-0.1, -0.05) is 125 Å². The van der Waals surface area contributed by atoms with E-state index in [0.29, 0.717) is 13.0 Å². The van der Waals surface area contributed by atoms with Crippen LogP contribution in [0.15, 0.2) is 72.9 Å². The third-order valence-electron chi connectivity index (χ3n) is 7.02. The molecule has 0 heterocycles. The van der Waals surface area contributed by atoms with E-state index in [1.54, 1.807) is 0 Å². The molecule has 0 aromatic rings. The van der Waals surface area contributed by atoms with Crippen molar-refractivity contribution < 1.29 is 19.4 Å². The van der Waals surface area contributed by atoms with Gasteiger partial charge in [0.2, 0.25) is 0 Å². The van der Waals surface area contributed by atoms with E-state index in [4.69, 9.17) is 9.47 Å². The summed E-state index contributed by atoms with van der Waals surface area (Å²) in [7, 11) is 0. The minimum absolute atomic E-state index is 0.197. The summed E-state index contributed by atoms with van der Waals surface area (Å²) in [5.74, 6) is -0.230. The maximum Gasteiger partial charge on any atom is 0.306 e. The summed E-state index contributed by atoms with van der Waals surface area (Å²) in [6.07, 6.45) is 48.0. The first kappa shape index (κ1) is 40.8. The summed E-state index contributed by atoms with van der Waals surface area (Å²) in [4.78, 5) is 12.1. The van der Waals surface area contributed by atoms with Gasteiger partial charge >= 0.3 is 5.97 Å². The SMILES string of the molecule is CC/C=C\C/C=C\C/C=C\C/C=C\C/C=C\CCCCOCC(CO)OC(=O)CCCCCCC/C=C\CCCCCC. The number of aliphatic hydroxyl groups is 1. The van der Waals surface area contributed by atoms with Crippen molar-refractivity contribution in [3.05, 3.63) is 72.9 Å². The molecule has 0 aromatic carbocycles. The normalized spacial score (nSPS) is 13.3. The first-order valence-electron chi connectivity index (χ1n) is 17.5. The van der Waals surface area contributed by atoms with E-state index in [9.17, 15) is 9.90 Å². The van der Waals surface area contributed by atoms with Crippen LogP contribution in [0.3, 0.4) is 0 Å². The van der Waals surface area contributed by atoms with Crippen molar-refractivity contribution in [3.8, 4) is 0 Å². The van der Waals surface area contributed by atoms with Crippen molar-refractivity contribution in [1.29, 1.82) is 0 Å². The second-order valence-corrected chi connectivity index (χ2v) is 11.2. The number of hydrogen-bond acceptors (Lipinski definition) is 4. The number of carbonyl (C=O) groups is 1. The van der Waals surface area contributed by atoms with Crippen molar-refractivity contribution in [3.63, 3.8) is 0 Å². The van der Waals surface area contributed by atoms with E-state index in [1.165, 1.54) is 44.9 Å². The Bertz CT molecular complexity index is 759. The second kappa shape index (κ2) is 36.0. The third kappa shape index (κ3) is 34.2. The summed E-state index contributed by atoms with van der Waals surface area (Å²) in [6, 6.07) is 0. The molecule has 0 rings (SSSR count). The summed E-state index contributed by atoms with van der Waals surface area (Å²) in [5.41, 5.74) is 0. The van der Waals surface area contributed by atoms with Crippen molar-refractivity contribution in [1.82, 2.24) is 0 Å². The molecule has 0 radical (unpaired) electrons. The summed E-state index contributed by atoms with van der Waals surface area (Å²) < 4.78 is 11.0. The molecule has 0 amide bonds. The highest BCUT2D eigenvalue weighted by molar-refractivity contribution is 5.69. The van der Waals surface area contributed by atoms with Gasteiger partial charge in [-0.2, -0.15) is 0 Å². The number of allylic oxidation sites excluding steroid dienone is 12. The van der Waals surface area contributed by atoms with E-state index < -0.39 is 6.10 Å². The maximum absolute atomic E-state index is 12.1. The highest BCUT2D eigenvalue weighted by Gasteiger charge is 2.13. The lowest BCUT2D eigenvalue weighted by Gasteiger charge is -2.15. The van der Waals surface area contributed by atoms with E-state index in [1.807, 2.05) is 0 Å². The summed E-state index contributed by atoms with van der Waals surface area (Å²) in [5, 5.41) is 9.53. The lowest BCUT2D eigenvalue weighted by Crippen LogP contribution is -2.27. The van der Waals surface area contributed by atoms with Crippen LogP contribution in [0, 0.1) is 0 Å². The Labute approximate surface area is 266 Å². The van der Waals surface area contributed by atoms with Gasteiger partial charge in [0.15, 0.2) is 0 Å². The molecule has 0 fully saturated rings. The number of hydrogen-bond donors (Lipinski definition) is 1. The van der Waals surface area contributed by atoms with Crippen molar-refractivity contribution >= 4 is 5.97 Å². The van der Waals surface area contributed by atoms with Crippen LogP contribution in [0.5, 0.6) is 0 Å². The van der Waals surface area contributed by atoms with E-state index in [-0.39, 0.29) is 19.2 Å². The molecule has 0 bridgehead atoms. The van der Waals surface area contributed by atoms with Crippen molar-refractivity contribution in [2.45, 2.75) is 148 Å². The number of esters is 1. The molecule has 0 saturated heterocycles. The molecule has 0 saturated carbocycles. The molecule has 0 aromatic heterocycles. The fourth-order valence-electron chi connectivity index (χ4n) is 4.41. The topological polar surface area (TPSA) is 55.8 Å². The van der Waals surface area contributed by atoms with E-state index >= 15 is 0 Å². The lowest BCUT2D eigenvalue weighted by molar-refractivity contribution is -0.154. The molecule has 0 spiro atoms. The average molecular weight is 599 g/mol. The maximum atomic E-state index is 12.1. The van der Waals surface area contributed by atoms with Gasteiger partial charge in [-0.25, -0.2) is 0 Å². The Morgan fingerprint density at radius 3 is 1.60 bits per heavy atom. The standard InChI is InChI=1S/C39H66O4/c1-3-5-7-9-11-13-15-17-18-19-20-21-23-25-27-29-31-33-35-42-37-38(36-40)43-39(41)34-32-30-28-26-24-22-16-14-12-10-8-6-4-2/h5,7,11,13-14,16-18,20-21,25,27,38,40H,3-4,6,8-10,12,15,19,22-24,26,28-37H2,1-2H3/b7-5-,13-11-,16-14-,18-17-,21-20-,27-25-. The zero-order valence-corrected chi connectivity index (χ0v) is 27.9. The molecule has 4 heteroatoms. The zero-order chi connectivity index (χ0) is 31.3. The van der Waals surface area contributed by atoms with Gasteiger partial charge < -0.3 is 14.6 Å². The Morgan fingerprint density at radius 2 is 1.05 bits per heavy atom. The van der Waals surface area contributed by atoms with Crippen LogP contribution in [-0.2, 0) is 14.3 Å². The van der Waals surface area contributed by atoms with Gasteiger partial charge in [-0.15, -0.1) is 0 Å². The molecule has 4 nitrogen and oxygen atoms in total. The minimum Gasteiger partial charge on any atom is -0.457 e. The second-order valence-electron chi connectivity index (χ2n) is 11.2. The molecule has 1 N–H and O–H groups in total. The lowest BCUT2D eigenvalue weighted by atomic mass is 10.1. The van der Waals surface area contributed by atoms with Crippen LogP contribution in [-0.4, -0.2) is 37.0 Å². The Morgan fingerprint density at radius 1 is 0.581 bits per heavy atom. The molecular weight excluding hydrogens is 532 g/mol. The number of ether oxygens (including phenoxy) is 2.